The van der Waals surface area contributed by atoms with Crippen molar-refractivity contribution in [3.63, 3.8) is 0 Å². The van der Waals surface area contributed by atoms with E-state index in [2.05, 4.69) is 0 Å². The maximum absolute atomic E-state index is 12.6. The van der Waals surface area contributed by atoms with E-state index in [1.165, 1.54) is 20.9 Å². The Morgan fingerprint density at radius 2 is 1.90 bits per heavy atom. The van der Waals surface area contributed by atoms with Crippen LogP contribution in [0.25, 0.3) is 0 Å². The van der Waals surface area contributed by atoms with Gasteiger partial charge in [-0.15, -0.1) is 0 Å². The van der Waals surface area contributed by atoms with Crippen LogP contribution in [-0.4, -0.2) is 41.2 Å². The monoisotopic (exact) mass is 287 g/mol. The number of amides is 1. The SMILES string of the molecule is CN(C(=O)OCc1ccccc1)C(C)(C)C(O)C(F)F. The highest BCUT2D eigenvalue weighted by Gasteiger charge is 2.40. The van der Waals surface area contributed by atoms with E-state index in [0.717, 1.165) is 10.5 Å². The molecule has 112 valence electrons. The number of ether oxygens (including phenoxy) is 1. The van der Waals surface area contributed by atoms with Gasteiger partial charge >= 0.3 is 6.09 Å². The third-order valence-electron chi connectivity index (χ3n) is 3.31. The summed E-state index contributed by atoms with van der Waals surface area (Å²) in [5.41, 5.74) is -0.636. The Morgan fingerprint density at radius 3 is 2.40 bits per heavy atom. The molecule has 0 aromatic heterocycles. The fraction of sp³-hybridized carbons (Fsp3) is 0.500. The molecule has 20 heavy (non-hydrogen) atoms. The quantitative estimate of drug-likeness (QED) is 0.905. The second kappa shape index (κ2) is 6.65. The van der Waals surface area contributed by atoms with Crippen LogP contribution in [0.3, 0.4) is 0 Å². The fourth-order valence-corrected chi connectivity index (χ4v) is 1.56. The van der Waals surface area contributed by atoms with Crippen LogP contribution in [-0.2, 0) is 11.3 Å². The van der Waals surface area contributed by atoms with Crippen molar-refractivity contribution in [1.82, 2.24) is 4.90 Å². The van der Waals surface area contributed by atoms with Crippen molar-refractivity contribution < 1.29 is 23.4 Å². The van der Waals surface area contributed by atoms with Crippen molar-refractivity contribution in [1.29, 1.82) is 0 Å². The number of rotatable bonds is 5. The maximum Gasteiger partial charge on any atom is 0.410 e. The summed E-state index contributed by atoms with van der Waals surface area (Å²) in [5.74, 6) is 0. The van der Waals surface area contributed by atoms with Crippen molar-refractivity contribution in [3.05, 3.63) is 35.9 Å². The summed E-state index contributed by atoms with van der Waals surface area (Å²) in [4.78, 5) is 12.8. The van der Waals surface area contributed by atoms with Crippen LogP contribution in [0.4, 0.5) is 13.6 Å². The first kappa shape index (κ1) is 16.4. The second-order valence-electron chi connectivity index (χ2n) is 5.03. The summed E-state index contributed by atoms with van der Waals surface area (Å²) in [6.45, 7) is 2.76. The Balaban J connectivity index is 2.62. The highest BCUT2D eigenvalue weighted by atomic mass is 19.3. The highest BCUT2D eigenvalue weighted by molar-refractivity contribution is 5.68. The largest absolute Gasteiger partial charge is 0.445 e. The predicted molar refractivity (Wildman–Crippen MR) is 70.5 cm³/mol. The average molecular weight is 287 g/mol. The van der Waals surface area contributed by atoms with E-state index in [0.29, 0.717) is 0 Å². The molecule has 1 unspecified atom stereocenters. The zero-order valence-electron chi connectivity index (χ0n) is 11.7. The van der Waals surface area contributed by atoms with E-state index in [4.69, 9.17) is 4.74 Å². The molecule has 0 saturated heterocycles. The first-order valence-corrected chi connectivity index (χ1v) is 6.17. The fourth-order valence-electron chi connectivity index (χ4n) is 1.56. The molecular formula is C14H19F2NO3. The molecule has 0 spiro atoms. The zero-order valence-corrected chi connectivity index (χ0v) is 11.7. The number of hydrogen-bond donors (Lipinski definition) is 1. The van der Waals surface area contributed by atoms with E-state index in [1.54, 1.807) is 24.3 Å². The number of likely N-dealkylation sites (N-methyl/N-ethyl adjacent to an activating group) is 1. The van der Waals surface area contributed by atoms with E-state index in [-0.39, 0.29) is 6.61 Å². The van der Waals surface area contributed by atoms with Gasteiger partial charge in [0.1, 0.15) is 12.7 Å². The summed E-state index contributed by atoms with van der Waals surface area (Å²) >= 11 is 0. The van der Waals surface area contributed by atoms with Gasteiger partial charge in [0, 0.05) is 7.05 Å². The smallest absolute Gasteiger partial charge is 0.410 e. The first-order chi connectivity index (χ1) is 9.26. The molecule has 0 aliphatic rings. The Hall–Kier alpha value is -1.69. The first-order valence-electron chi connectivity index (χ1n) is 6.17. The van der Waals surface area contributed by atoms with Crippen molar-refractivity contribution in [2.45, 2.75) is 38.5 Å². The molecule has 0 aliphatic carbocycles. The lowest BCUT2D eigenvalue weighted by atomic mass is 9.96. The summed E-state index contributed by atoms with van der Waals surface area (Å²) < 4.78 is 30.2. The van der Waals surface area contributed by atoms with Gasteiger partial charge in [0.25, 0.3) is 6.43 Å². The minimum atomic E-state index is -2.94. The maximum atomic E-state index is 12.6. The molecule has 0 bridgehead atoms. The lowest BCUT2D eigenvalue weighted by Gasteiger charge is -2.38. The molecule has 1 aromatic rings. The second-order valence-corrected chi connectivity index (χ2v) is 5.03. The van der Waals surface area contributed by atoms with Crippen LogP contribution >= 0.6 is 0 Å². The van der Waals surface area contributed by atoms with Gasteiger partial charge < -0.3 is 14.7 Å². The standard InChI is InChI=1S/C14H19F2NO3/c1-14(2,11(18)12(15)16)17(3)13(19)20-9-10-7-5-4-6-8-10/h4-8,11-12,18H,9H2,1-3H3. The van der Waals surface area contributed by atoms with Crippen LogP contribution in [0, 0.1) is 0 Å². The Kier molecular flexibility index (Phi) is 5.44. The van der Waals surface area contributed by atoms with Gasteiger partial charge in [-0.3, -0.25) is 0 Å². The normalized spacial score (nSPS) is 13.2. The van der Waals surface area contributed by atoms with Gasteiger partial charge in [-0.05, 0) is 19.4 Å². The average Bonchev–Trinajstić information content (AvgIpc) is 2.43. The van der Waals surface area contributed by atoms with Crippen molar-refractivity contribution in [3.8, 4) is 0 Å². The van der Waals surface area contributed by atoms with Gasteiger partial charge in [-0.2, -0.15) is 0 Å². The van der Waals surface area contributed by atoms with E-state index < -0.39 is 24.2 Å². The summed E-state index contributed by atoms with van der Waals surface area (Å²) in [7, 11) is 1.32. The van der Waals surface area contributed by atoms with E-state index in [9.17, 15) is 18.7 Å². The predicted octanol–water partition coefficient (Wildman–Crippen LogP) is 2.66. The van der Waals surface area contributed by atoms with Gasteiger partial charge in [-0.25, -0.2) is 13.6 Å². The lowest BCUT2D eigenvalue weighted by molar-refractivity contribution is -0.0822. The number of carbonyl (C=O) groups is 1. The van der Waals surface area contributed by atoms with E-state index >= 15 is 0 Å². The van der Waals surface area contributed by atoms with Crippen LogP contribution < -0.4 is 0 Å². The molecule has 1 amide bonds. The molecule has 1 aromatic carbocycles. The summed E-state index contributed by atoms with van der Waals surface area (Å²) in [6, 6.07) is 9.01. The topological polar surface area (TPSA) is 49.8 Å². The molecule has 0 heterocycles. The van der Waals surface area contributed by atoms with Crippen LogP contribution in [0.15, 0.2) is 30.3 Å². The van der Waals surface area contributed by atoms with Crippen molar-refractivity contribution in [2.24, 2.45) is 0 Å². The third-order valence-corrected chi connectivity index (χ3v) is 3.31. The highest BCUT2D eigenvalue weighted by Crippen LogP contribution is 2.23. The number of carbonyl (C=O) groups excluding carboxylic acids is 1. The number of nitrogens with zero attached hydrogens (tertiary/aromatic N) is 1. The number of aliphatic hydroxyl groups is 1. The molecule has 0 radical (unpaired) electrons. The van der Waals surface area contributed by atoms with Crippen LogP contribution in [0.2, 0.25) is 0 Å². The molecule has 6 heteroatoms. The van der Waals surface area contributed by atoms with Gasteiger partial charge in [0.2, 0.25) is 0 Å². The number of aliphatic hydroxyl groups excluding tert-OH is 1. The van der Waals surface area contributed by atoms with Crippen LogP contribution in [0.1, 0.15) is 19.4 Å². The molecular weight excluding hydrogens is 268 g/mol. The molecule has 4 nitrogen and oxygen atoms in total. The number of halogens is 2. The van der Waals surface area contributed by atoms with Crippen LogP contribution in [0.5, 0.6) is 0 Å². The minimum absolute atomic E-state index is 0.0465. The number of hydrogen-bond acceptors (Lipinski definition) is 3. The molecule has 1 rings (SSSR count). The molecule has 0 saturated carbocycles. The summed E-state index contributed by atoms with van der Waals surface area (Å²) in [6.07, 6.45) is -5.65. The van der Waals surface area contributed by atoms with E-state index in [1.807, 2.05) is 6.07 Å². The zero-order chi connectivity index (χ0) is 15.3. The van der Waals surface area contributed by atoms with Gasteiger partial charge in [0.15, 0.2) is 0 Å². The molecule has 0 aliphatic heterocycles. The molecule has 0 fully saturated rings. The van der Waals surface area contributed by atoms with Crippen molar-refractivity contribution >= 4 is 6.09 Å². The Morgan fingerprint density at radius 1 is 1.35 bits per heavy atom. The lowest BCUT2D eigenvalue weighted by Crippen LogP contribution is -2.55. The molecule has 1 atom stereocenters. The third kappa shape index (κ3) is 3.90. The van der Waals surface area contributed by atoms with Gasteiger partial charge in [0.05, 0.1) is 5.54 Å². The molecule has 1 N–H and O–H groups in total. The Labute approximate surface area is 117 Å². The number of alkyl halides is 2. The van der Waals surface area contributed by atoms with Crippen molar-refractivity contribution in [2.75, 3.05) is 7.05 Å². The van der Waals surface area contributed by atoms with Gasteiger partial charge in [-0.1, -0.05) is 30.3 Å². The number of benzene rings is 1. The Bertz CT molecular complexity index is 437. The minimum Gasteiger partial charge on any atom is -0.445 e. The summed E-state index contributed by atoms with van der Waals surface area (Å²) in [5, 5.41) is 9.46.